The van der Waals surface area contributed by atoms with Crippen LogP contribution in [-0.2, 0) is 9.53 Å². The number of benzene rings is 1. The second-order valence-electron chi connectivity index (χ2n) is 6.77. The van der Waals surface area contributed by atoms with Crippen molar-refractivity contribution in [2.75, 3.05) is 26.3 Å². The molecule has 26 heavy (non-hydrogen) atoms. The number of pyridine rings is 1. The Kier molecular flexibility index (Phi) is 4.75. The lowest BCUT2D eigenvalue weighted by Gasteiger charge is -2.23. The average molecular weight is 354 g/mol. The van der Waals surface area contributed by atoms with Gasteiger partial charge in [-0.05, 0) is 24.6 Å². The minimum atomic E-state index is -0.304. The molecule has 4 rings (SSSR count). The molecule has 2 saturated heterocycles. The van der Waals surface area contributed by atoms with Crippen LogP contribution in [0.3, 0.4) is 0 Å². The summed E-state index contributed by atoms with van der Waals surface area (Å²) in [5.74, 6) is 1.31. The summed E-state index contributed by atoms with van der Waals surface area (Å²) in [6.45, 7) is 1.85. The highest BCUT2D eigenvalue weighted by molar-refractivity contribution is 5.78. The summed E-state index contributed by atoms with van der Waals surface area (Å²) < 4.78 is 17.5. The van der Waals surface area contributed by atoms with E-state index in [0.717, 1.165) is 12.8 Å². The molecule has 3 heterocycles. The third kappa shape index (κ3) is 3.80. The van der Waals surface area contributed by atoms with E-state index in [1.165, 1.54) is 0 Å². The van der Waals surface area contributed by atoms with Gasteiger partial charge in [-0.2, -0.15) is 0 Å². The maximum absolute atomic E-state index is 12.4. The number of para-hydroxylation sites is 1. The third-order valence-corrected chi connectivity index (χ3v) is 4.87. The van der Waals surface area contributed by atoms with E-state index >= 15 is 0 Å². The number of likely N-dealkylation sites (tertiary alicyclic amines) is 1. The molecule has 1 aromatic heterocycles. The van der Waals surface area contributed by atoms with Crippen molar-refractivity contribution in [2.24, 2.45) is 0 Å². The Hall–Kier alpha value is -2.60. The lowest BCUT2D eigenvalue weighted by Crippen LogP contribution is -2.38. The van der Waals surface area contributed by atoms with Gasteiger partial charge in [-0.15, -0.1) is 0 Å². The van der Waals surface area contributed by atoms with E-state index in [2.05, 4.69) is 4.98 Å². The Bertz CT molecular complexity index is 740. The Balaban J connectivity index is 1.28. The Morgan fingerprint density at radius 2 is 2.08 bits per heavy atom. The predicted octanol–water partition coefficient (Wildman–Crippen LogP) is 2.30. The van der Waals surface area contributed by atoms with Crippen LogP contribution in [0.2, 0.25) is 0 Å². The molecule has 2 fully saturated rings. The second-order valence-corrected chi connectivity index (χ2v) is 6.77. The van der Waals surface area contributed by atoms with E-state index in [4.69, 9.17) is 14.2 Å². The standard InChI is InChI=1S/C20H22N2O4/c23-19(14-24-16-6-2-1-3-7-16)22-11-9-20(15-22)12-17(13-25-20)26-18-8-4-5-10-21-18/h1-8,10,17H,9,11-15H2/t17-,20-/m0/s1. The molecule has 0 N–H and O–H groups in total. The van der Waals surface area contributed by atoms with Crippen molar-refractivity contribution in [3.63, 3.8) is 0 Å². The Morgan fingerprint density at radius 3 is 2.88 bits per heavy atom. The van der Waals surface area contributed by atoms with Crippen LogP contribution in [0.25, 0.3) is 0 Å². The van der Waals surface area contributed by atoms with Crippen LogP contribution in [0.5, 0.6) is 11.6 Å². The molecule has 1 spiro atoms. The molecule has 2 aliphatic rings. The summed E-state index contributed by atoms with van der Waals surface area (Å²) in [6.07, 6.45) is 3.28. The topological polar surface area (TPSA) is 60.9 Å². The van der Waals surface area contributed by atoms with Gasteiger partial charge in [0.05, 0.1) is 12.2 Å². The molecule has 2 aliphatic heterocycles. The third-order valence-electron chi connectivity index (χ3n) is 4.87. The Labute approximate surface area is 152 Å². The molecule has 0 bridgehead atoms. The zero-order valence-electron chi connectivity index (χ0n) is 14.5. The first-order chi connectivity index (χ1) is 12.7. The number of amides is 1. The molecule has 6 nitrogen and oxygen atoms in total. The van der Waals surface area contributed by atoms with Crippen molar-refractivity contribution in [1.82, 2.24) is 9.88 Å². The van der Waals surface area contributed by atoms with Gasteiger partial charge in [0.25, 0.3) is 5.91 Å². The summed E-state index contributed by atoms with van der Waals surface area (Å²) in [4.78, 5) is 18.5. The van der Waals surface area contributed by atoms with Gasteiger partial charge < -0.3 is 19.1 Å². The van der Waals surface area contributed by atoms with Crippen molar-refractivity contribution < 1.29 is 19.0 Å². The number of hydrogen-bond donors (Lipinski definition) is 0. The number of nitrogens with zero attached hydrogens (tertiary/aromatic N) is 2. The zero-order valence-corrected chi connectivity index (χ0v) is 14.5. The first-order valence-electron chi connectivity index (χ1n) is 8.90. The molecule has 6 heteroatoms. The highest BCUT2D eigenvalue weighted by Crippen LogP contribution is 2.36. The average Bonchev–Trinajstić information content (AvgIpc) is 3.28. The zero-order chi connectivity index (χ0) is 17.8. The van der Waals surface area contributed by atoms with Crippen molar-refractivity contribution >= 4 is 5.91 Å². The maximum Gasteiger partial charge on any atom is 0.260 e. The predicted molar refractivity (Wildman–Crippen MR) is 95.1 cm³/mol. The number of carbonyl (C=O) groups is 1. The molecule has 1 amide bonds. The van der Waals surface area contributed by atoms with Gasteiger partial charge in [0, 0.05) is 31.8 Å². The summed E-state index contributed by atoms with van der Waals surface area (Å²) in [5.41, 5.74) is -0.304. The van der Waals surface area contributed by atoms with E-state index in [1.807, 2.05) is 53.4 Å². The number of aromatic nitrogens is 1. The molecule has 136 valence electrons. The molecule has 0 radical (unpaired) electrons. The first-order valence-corrected chi connectivity index (χ1v) is 8.90. The highest BCUT2D eigenvalue weighted by atomic mass is 16.6. The van der Waals surface area contributed by atoms with Gasteiger partial charge in [-0.3, -0.25) is 4.79 Å². The number of hydrogen-bond acceptors (Lipinski definition) is 5. The smallest absolute Gasteiger partial charge is 0.260 e. The summed E-state index contributed by atoms with van der Waals surface area (Å²) in [7, 11) is 0. The van der Waals surface area contributed by atoms with Crippen LogP contribution in [0.4, 0.5) is 0 Å². The SMILES string of the molecule is O=C(COc1ccccc1)N1CC[C@]2(C[C@H](Oc3ccccn3)CO2)C1. The van der Waals surface area contributed by atoms with Crippen molar-refractivity contribution in [3.8, 4) is 11.6 Å². The number of carbonyl (C=O) groups excluding carboxylic acids is 1. The molecule has 2 atom stereocenters. The fourth-order valence-corrected chi connectivity index (χ4v) is 3.56. The quantitative estimate of drug-likeness (QED) is 0.825. The number of ether oxygens (including phenoxy) is 3. The largest absolute Gasteiger partial charge is 0.484 e. The minimum Gasteiger partial charge on any atom is -0.484 e. The molecular formula is C20H22N2O4. The van der Waals surface area contributed by atoms with Gasteiger partial charge in [-0.25, -0.2) is 4.98 Å². The van der Waals surface area contributed by atoms with Crippen LogP contribution in [-0.4, -0.2) is 53.8 Å². The maximum atomic E-state index is 12.4. The monoisotopic (exact) mass is 354 g/mol. The van der Waals surface area contributed by atoms with Crippen LogP contribution in [0.15, 0.2) is 54.7 Å². The minimum absolute atomic E-state index is 0.0107. The molecule has 1 aromatic carbocycles. The van der Waals surface area contributed by atoms with E-state index in [1.54, 1.807) is 6.20 Å². The lowest BCUT2D eigenvalue weighted by atomic mass is 9.98. The number of rotatable bonds is 5. The van der Waals surface area contributed by atoms with Crippen LogP contribution in [0, 0.1) is 0 Å². The van der Waals surface area contributed by atoms with Gasteiger partial charge in [0.2, 0.25) is 5.88 Å². The van der Waals surface area contributed by atoms with E-state index in [9.17, 15) is 4.79 Å². The Morgan fingerprint density at radius 1 is 1.23 bits per heavy atom. The van der Waals surface area contributed by atoms with E-state index in [-0.39, 0.29) is 24.2 Å². The van der Waals surface area contributed by atoms with Crippen molar-refractivity contribution in [1.29, 1.82) is 0 Å². The van der Waals surface area contributed by atoms with Gasteiger partial charge >= 0.3 is 0 Å². The van der Waals surface area contributed by atoms with E-state index in [0.29, 0.717) is 31.3 Å². The molecule has 0 saturated carbocycles. The van der Waals surface area contributed by atoms with Crippen molar-refractivity contribution in [2.45, 2.75) is 24.5 Å². The van der Waals surface area contributed by atoms with Crippen molar-refractivity contribution in [3.05, 3.63) is 54.7 Å². The molecule has 0 aliphatic carbocycles. The van der Waals surface area contributed by atoms with Crippen LogP contribution in [0.1, 0.15) is 12.8 Å². The lowest BCUT2D eigenvalue weighted by molar-refractivity contribution is -0.133. The van der Waals surface area contributed by atoms with Gasteiger partial charge in [0.1, 0.15) is 11.9 Å². The summed E-state index contributed by atoms with van der Waals surface area (Å²) in [6, 6.07) is 15.0. The van der Waals surface area contributed by atoms with E-state index < -0.39 is 0 Å². The summed E-state index contributed by atoms with van der Waals surface area (Å²) in [5, 5.41) is 0. The second kappa shape index (κ2) is 7.33. The van der Waals surface area contributed by atoms with Crippen LogP contribution >= 0.6 is 0 Å². The van der Waals surface area contributed by atoms with Crippen LogP contribution < -0.4 is 9.47 Å². The first kappa shape index (κ1) is 16.8. The highest BCUT2D eigenvalue weighted by Gasteiger charge is 2.47. The van der Waals surface area contributed by atoms with Gasteiger partial charge in [0.15, 0.2) is 6.61 Å². The fourth-order valence-electron chi connectivity index (χ4n) is 3.56. The fraction of sp³-hybridized carbons (Fsp3) is 0.400. The molecule has 2 aromatic rings. The molecular weight excluding hydrogens is 332 g/mol. The summed E-state index contributed by atoms with van der Waals surface area (Å²) >= 11 is 0. The normalized spacial score (nSPS) is 24.8. The molecule has 0 unspecified atom stereocenters. The van der Waals surface area contributed by atoms with Gasteiger partial charge in [-0.1, -0.05) is 24.3 Å².